The number of guanidine groups is 1. The van der Waals surface area contributed by atoms with Crippen LogP contribution in [-0.2, 0) is 6.54 Å². The van der Waals surface area contributed by atoms with E-state index in [2.05, 4.69) is 10.3 Å². The number of anilines is 1. The second-order valence-electron chi connectivity index (χ2n) is 4.64. The summed E-state index contributed by atoms with van der Waals surface area (Å²) in [5.41, 5.74) is 7.99. The highest BCUT2D eigenvalue weighted by Crippen LogP contribution is 2.16. The molecule has 0 aliphatic rings. The molecule has 0 aliphatic heterocycles. The van der Waals surface area contributed by atoms with Crippen molar-refractivity contribution in [1.82, 2.24) is 0 Å². The quantitative estimate of drug-likeness (QED) is 0.455. The van der Waals surface area contributed by atoms with Gasteiger partial charge in [-0.2, -0.15) is 0 Å². The van der Waals surface area contributed by atoms with Crippen molar-refractivity contribution in [3.05, 3.63) is 59.4 Å². The highest BCUT2D eigenvalue weighted by atomic mass is 127. The number of nitrogens with one attached hydrogen (secondary N) is 1. The number of hydrogen-bond acceptors (Lipinski definition) is 2. The monoisotopic (exact) mass is 415 g/mol. The number of halogens is 2. The summed E-state index contributed by atoms with van der Waals surface area (Å²) in [5.74, 6) is 0.764. The van der Waals surface area contributed by atoms with E-state index >= 15 is 0 Å². The lowest BCUT2D eigenvalue weighted by atomic mass is 10.1. The fraction of sp³-hybridized carbons (Fsp3) is 0.188. The molecule has 4 nitrogen and oxygen atoms in total. The summed E-state index contributed by atoms with van der Waals surface area (Å²) in [4.78, 5) is 4.19. The van der Waals surface area contributed by atoms with E-state index in [1.165, 1.54) is 6.07 Å². The molecule has 22 heavy (non-hydrogen) atoms. The molecule has 3 N–H and O–H groups in total. The maximum absolute atomic E-state index is 13.4. The minimum Gasteiger partial charge on any atom is -0.497 e. The van der Waals surface area contributed by atoms with Crippen molar-refractivity contribution >= 4 is 35.6 Å². The molecule has 0 bridgehead atoms. The van der Waals surface area contributed by atoms with E-state index in [4.69, 9.17) is 10.5 Å². The number of aryl methyl sites for hydroxylation is 1. The predicted octanol–water partition coefficient (Wildman–Crippen LogP) is 3.69. The molecule has 0 atom stereocenters. The molecule has 2 rings (SSSR count). The van der Waals surface area contributed by atoms with Gasteiger partial charge in [0, 0.05) is 11.8 Å². The van der Waals surface area contributed by atoms with Crippen LogP contribution in [-0.4, -0.2) is 13.1 Å². The van der Waals surface area contributed by atoms with Gasteiger partial charge in [-0.15, -0.1) is 24.0 Å². The number of rotatable bonds is 4. The highest BCUT2D eigenvalue weighted by Gasteiger charge is 2.00. The van der Waals surface area contributed by atoms with Crippen LogP contribution in [0.25, 0.3) is 0 Å². The van der Waals surface area contributed by atoms with Crippen molar-refractivity contribution in [2.24, 2.45) is 10.7 Å². The van der Waals surface area contributed by atoms with Crippen LogP contribution in [0.2, 0.25) is 0 Å². The molecule has 0 fully saturated rings. The first kappa shape index (κ1) is 18.2. The second-order valence-corrected chi connectivity index (χ2v) is 4.64. The van der Waals surface area contributed by atoms with E-state index in [1.54, 1.807) is 20.1 Å². The van der Waals surface area contributed by atoms with Gasteiger partial charge in [-0.1, -0.05) is 18.2 Å². The van der Waals surface area contributed by atoms with Crippen molar-refractivity contribution in [3.8, 4) is 5.75 Å². The third-order valence-corrected chi connectivity index (χ3v) is 3.01. The van der Waals surface area contributed by atoms with Crippen molar-refractivity contribution in [3.63, 3.8) is 0 Å². The van der Waals surface area contributed by atoms with E-state index in [1.807, 2.05) is 30.3 Å². The number of benzene rings is 2. The zero-order valence-corrected chi connectivity index (χ0v) is 14.8. The molecule has 0 saturated carbocycles. The Morgan fingerprint density at radius 1 is 1.27 bits per heavy atom. The number of nitrogens with two attached hydrogens (primary N) is 1. The third-order valence-electron chi connectivity index (χ3n) is 3.01. The number of aliphatic imine (C=N–C) groups is 1. The van der Waals surface area contributed by atoms with E-state index < -0.39 is 0 Å². The molecule has 0 saturated heterocycles. The minimum absolute atomic E-state index is 0. The lowest BCUT2D eigenvalue weighted by Gasteiger charge is -2.07. The normalized spacial score (nSPS) is 10.8. The van der Waals surface area contributed by atoms with Crippen LogP contribution in [0.4, 0.5) is 10.1 Å². The molecule has 0 aromatic heterocycles. The third kappa shape index (κ3) is 5.18. The van der Waals surface area contributed by atoms with Crippen LogP contribution >= 0.6 is 24.0 Å². The summed E-state index contributed by atoms with van der Waals surface area (Å²) < 4.78 is 18.6. The molecule has 118 valence electrons. The van der Waals surface area contributed by atoms with Crippen molar-refractivity contribution < 1.29 is 9.13 Å². The van der Waals surface area contributed by atoms with E-state index in [9.17, 15) is 4.39 Å². The van der Waals surface area contributed by atoms with Crippen LogP contribution in [0.5, 0.6) is 5.75 Å². The van der Waals surface area contributed by atoms with Crippen molar-refractivity contribution in [2.45, 2.75) is 13.5 Å². The number of nitrogens with zero attached hydrogens (tertiary/aromatic N) is 1. The Balaban J connectivity index is 0.00000242. The standard InChI is InChI=1S/C16H18FN3O.HI/c1-11-6-7-12(8-15(11)17)10-19-16(18)20-13-4-3-5-14(9-13)21-2;/h3-9H,10H2,1-2H3,(H3,18,19,20);1H. The summed E-state index contributed by atoms with van der Waals surface area (Å²) in [7, 11) is 1.60. The number of hydrogen-bond donors (Lipinski definition) is 2. The molecule has 0 radical (unpaired) electrons. The van der Waals surface area contributed by atoms with Gasteiger partial charge in [0.05, 0.1) is 13.7 Å². The van der Waals surface area contributed by atoms with Gasteiger partial charge in [0.2, 0.25) is 0 Å². The number of methoxy groups -OCH3 is 1. The molecule has 6 heteroatoms. The first-order valence-corrected chi connectivity index (χ1v) is 6.54. The first-order valence-electron chi connectivity index (χ1n) is 6.54. The average molecular weight is 415 g/mol. The Labute approximate surface area is 146 Å². The number of ether oxygens (including phenoxy) is 1. The van der Waals surface area contributed by atoms with Crippen molar-refractivity contribution in [2.75, 3.05) is 12.4 Å². The summed E-state index contributed by atoms with van der Waals surface area (Å²) in [5, 5.41) is 2.97. The van der Waals surface area contributed by atoms with Crippen LogP contribution in [0.1, 0.15) is 11.1 Å². The summed E-state index contributed by atoms with van der Waals surface area (Å²) >= 11 is 0. The van der Waals surface area contributed by atoms with Crippen molar-refractivity contribution in [1.29, 1.82) is 0 Å². The molecular weight excluding hydrogens is 396 g/mol. The second kappa shape index (κ2) is 8.57. The molecule has 0 spiro atoms. The van der Waals surface area contributed by atoms with Crippen LogP contribution < -0.4 is 15.8 Å². The first-order chi connectivity index (χ1) is 10.1. The van der Waals surface area contributed by atoms with Crippen LogP contribution in [0, 0.1) is 12.7 Å². The Bertz CT molecular complexity index is 662. The molecule has 2 aromatic rings. The molecule has 0 unspecified atom stereocenters. The molecule has 0 aliphatic carbocycles. The molecule has 0 heterocycles. The largest absolute Gasteiger partial charge is 0.497 e. The van der Waals surface area contributed by atoms with E-state index in [0.29, 0.717) is 12.1 Å². The van der Waals surface area contributed by atoms with Gasteiger partial charge in [0.25, 0.3) is 0 Å². The average Bonchev–Trinajstić information content (AvgIpc) is 2.48. The smallest absolute Gasteiger partial charge is 0.193 e. The van der Waals surface area contributed by atoms with Gasteiger partial charge in [0.1, 0.15) is 11.6 Å². The van der Waals surface area contributed by atoms with Crippen LogP contribution in [0.15, 0.2) is 47.5 Å². The Morgan fingerprint density at radius 3 is 2.73 bits per heavy atom. The van der Waals surface area contributed by atoms with Crippen LogP contribution in [0.3, 0.4) is 0 Å². The Morgan fingerprint density at radius 2 is 2.05 bits per heavy atom. The molecule has 0 amide bonds. The molecule has 2 aromatic carbocycles. The fourth-order valence-electron chi connectivity index (χ4n) is 1.80. The lowest BCUT2D eigenvalue weighted by Crippen LogP contribution is -2.22. The molecular formula is C16H19FIN3O. The Hall–Kier alpha value is -1.83. The maximum atomic E-state index is 13.4. The van der Waals surface area contributed by atoms with Gasteiger partial charge in [-0.05, 0) is 36.2 Å². The topological polar surface area (TPSA) is 59.6 Å². The van der Waals surface area contributed by atoms with Gasteiger partial charge in [0.15, 0.2) is 5.96 Å². The van der Waals surface area contributed by atoms with E-state index in [0.717, 1.165) is 17.0 Å². The summed E-state index contributed by atoms with van der Waals surface area (Å²) in [6, 6.07) is 12.4. The predicted molar refractivity (Wildman–Crippen MR) is 98.5 cm³/mol. The van der Waals surface area contributed by atoms with Gasteiger partial charge >= 0.3 is 0 Å². The Kier molecular flexibility index (Phi) is 7.10. The maximum Gasteiger partial charge on any atom is 0.193 e. The zero-order chi connectivity index (χ0) is 15.2. The fourth-order valence-corrected chi connectivity index (χ4v) is 1.80. The van der Waals surface area contributed by atoms with Gasteiger partial charge in [-0.25, -0.2) is 9.38 Å². The minimum atomic E-state index is -0.234. The highest BCUT2D eigenvalue weighted by molar-refractivity contribution is 14.0. The van der Waals surface area contributed by atoms with E-state index in [-0.39, 0.29) is 35.8 Å². The summed E-state index contributed by atoms with van der Waals surface area (Å²) in [6.45, 7) is 2.04. The van der Waals surface area contributed by atoms with Gasteiger partial charge in [-0.3, -0.25) is 0 Å². The SMILES string of the molecule is COc1cccc(NC(N)=NCc2ccc(C)c(F)c2)c1.I. The van der Waals surface area contributed by atoms with Gasteiger partial charge < -0.3 is 15.8 Å². The zero-order valence-electron chi connectivity index (χ0n) is 12.5. The lowest BCUT2D eigenvalue weighted by molar-refractivity contribution is 0.415. The summed E-state index contributed by atoms with van der Waals surface area (Å²) in [6.07, 6.45) is 0.